The van der Waals surface area contributed by atoms with Crippen molar-refractivity contribution in [1.29, 1.82) is 0 Å². The standard InChI is InChI=1S/C11H10ClF3O3/c1-18-10(17)9(16)5-6-2-3-8(12)7(4-6)11(13,14)15/h2-4,9,16H,5H2,1H3. The first kappa shape index (κ1) is 14.8. The Morgan fingerprint density at radius 3 is 2.61 bits per heavy atom. The molecule has 1 rings (SSSR count). The number of aliphatic hydroxyl groups is 1. The summed E-state index contributed by atoms with van der Waals surface area (Å²) in [4.78, 5) is 10.9. The van der Waals surface area contributed by atoms with Crippen LogP contribution in [-0.4, -0.2) is 24.3 Å². The number of carbonyl (C=O) groups is 1. The lowest BCUT2D eigenvalue weighted by atomic mass is 10.0. The highest BCUT2D eigenvalue weighted by Gasteiger charge is 2.33. The van der Waals surface area contributed by atoms with Crippen LogP contribution in [0.1, 0.15) is 11.1 Å². The van der Waals surface area contributed by atoms with Crippen LogP contribution in [0.25, 0.3) is 0 Å². The first-order valence-corrected chi connectivity index (χ1v) is 5.25. The maximum atomic E-state index is 12.6. The summed E-state index contributed by atoms with van der Waals surface area (Å²) in [7, 11) is 1.08. The number of methoxy groups -OCH3 is 1. The van der Waals surface area contributed by atoms with Crippen LogP contribution in [-0.2, 0) is 22.1 Å². The number of aliphatic hydroxyl groups excluding tert-OH is 1. The Bertz CT molecular complexity index is 446. The molecule has 0 aliphatic rings. The molecular weight excluding hydrogens is 273 g/mol. The van der Waals surface area contributed by atoms with Gasteiger partial charge in [-0.3, -0.25) is 0 Å². The molecule has 1 atom stereocenters. The minimum Gasteiger partial charge on any atom is -0.467 e. The predicted molar refractivity (Wildman–Crippen MR) is 58.2 cm³/mol. The highest BCUT2D eigenvalue weighted by Crippen LogP contribution is 2.35. The largest absolute Gasteiger partial charge is 0.467 e. The lowest BCUT2D eigenvalue weighted by Gasteiger charge is -2.12. The summed E-state index contributed by atoms with van der Waals surface area (Å²) >= 11 is 5.43. The molecule has 1 aromatic carbocycles. The van der Waals surface area contributed by atoms with Crippen LogP contribution >= 0.6 is 11.6 Å². The molecule has 0 bridgehead atoms. The number of carbonyl (C=O) groups excluding carboxylic acids is 1. The van der Waals surface area contributed by atoms with Crippen molar-refractivity contribution in [1.82, 2.24) is 0 Å². The average Bonchev–Trinajstić information content (AvgIpc) is 2.29. The van der Waals surface area contributed by atoms with Gasteiger partial charge in [-0.1, -0.05) is 17.7 Å². The zero-order chi connectivity index (χ0) is 13.9. The minimum absolute atomic E-state index is 0.143. The molecule has 0 aromatic heterocycles. The fraction of sp³-hybridized carbons (Fsp3) is 0.364. The Morgan fingerprint density at radius 2 is 2.11 bits per heavy atom. The molecule has 100 valence electrons. The number of alkyl halides is 3. The van der Waals surface area contributed by atoms with Gasteiger partial charge in [0.2, 0.25) is 0 Å². The van der Waals surface area contributed by atoms with Gasteiger partial charge in [-0.25, -0.2) is 4.79 Å². The second-order valence-electron chi connectivity index (χ2n) is 3.56. The lowest BCUT2D eigenvalue weighted by molar-refractivity contribution is -0.150. The number of rotatable bonds is 3. The van der Waals surface area contributed by atoms with E-state index in [1.807, 2.05) is 0 Å². The molecule has 0 saturated carbocycles. The van der Waals surface area contributed by atoms with Crippen LogP contribution < -0.4 is 0 Å². The molecular formula is C11H10ClF3O3. The van der Waals surface area contributed by atoms with E-state index in [1.54, 1.807) is 0 Å². The summed E-state index contributed by atoms with van der Waals surface area (Å²) in [6.45, 7) is 0. The van der Waals surface area contributed by atoms with Crippen molar-refractivity contribution >= 4 is 17.6 Å². The fourth-order valence-electron chi connectivity index (χ4n) is 1.36. The number of hydrogen-bond acceptors (Lipinski definition) is 3. The minimum atomic E-state index is -4.58. The van der Waals surface area contributed by atoms with Crippen molar-refractivity contribution in [2.75, 3.05) is 7.11 Å². The van der Waals surface area contributed by atoms with Crippen LogP contribution in [0.4, 0.5) is 13.2 Å². The molecule has 0 fully saturated rings. The Balaban J connectivity index is 2.96. The van der Waals surface area contributed by atoms with Crippen LogP contribution in [0.3, 0.4) is 0 Å². The average molecular weight is 283 g/mol. The molecule has 3 nitrogen and oxygen atoms in total. The number of halogens is 4. The van der Waals surface area contributed by atoms with Gasteiger partial charge in [0.1, 0.15) is 0 Å². The van der Waals surface area contributed by atoms with E-state index in [1.165, 1.54) is 6.07 Å². The molecule has 1 unspecified atom stereocenters. The van der Waals surface area contributed by atoms with E-state index >= 15 is 0 Å². The molecule has 0 saturated heterocycles. The van der Waals surface area contributed by atoms with Gasteiger partial charge < -0.3 is 9.84 Å². The monoisotopic (exact) mass is 282 g/mol. The maximum Gasteiger partial charge on any atom is 0.417 e. The molecule has 0 aliphatic heterocycles. The molecule has 0 amide bonds. The molecule has 0 heterocycles. The van der Waals surface area contributed by atoms with Gasteiger partial charge in [-0.05, 0) is 17.7 Å². The summed E-state index contributed by atoms with van der Waals surface area (Å²) in [5, 5.41) is 8.91. The van der Waals surface area contributed by atoms with Gasteiger partial charge in [-0.2, -0.15) is 13.2 Å². The second-order valence-corrected chi connectivity index (χ2v) is 3.96. The molecule has 0 aliphatic carbocycles. The normalized spacial score (nSPS) is 13.2. The Labute approximate surface area is 106 Å². The zero-order valence-electron chi connectivity index (χ0n) is 9.29. The topological polar surface area (TPSA) is 46.5 Å². The van der Waals surface area contributed by atoms with E-state index in [4.69, 9.17) is 11.6 Å². The predicted octanol–water partition coefficient (Wildman–Crippen LogP) is 2.44. The van der Waals surface area contributed by atoms with Crippen molar-refractivity contribution in [3.63, 3.8) is 0 Å². The molecule has 1 aromatic rings. The van der Waals surface area contributed by atoms with E-state index in [0.29, 0.717) is 0 Å². The van der Waals surface area contributed by atoms with Crippen molar-refractivity contribution < 1.29 is 27.8 Å². The van der Waals surface area contributed by atoms with Gasteiger partial charge in [-0.15, -0.1) is 0 Å². The first-order valence-electron chi connectivity index (χ1n) is 4.87. The maximum absolute atomic E-state index is 12.6. The van der Waals surface area contributed by atoms with Crippen molar-refractivity contribution in [3.8, 4) is 0 Å². The smallest absolute Gasteiger partial charge is 0.417 e. The number of benzene rings is 1. The van der Waals surface area contributed by atoms with Crippen molar-refractivity contribution in [3.05, 3.63) is 34.3 Å². The van der Waals surface area contributed by atoms with Crippen LogP contribution in [0, 0.1) is 0 Å². The van der Waals surface area contributed by atoms with Crippen LogP contribution in [0.2, 0.25) is 5.02 Å². The van der Waals surface area contributed by atoms with E-state index in [0.717, 1.165) is 19.2 Å². The van der Waals surface area contributed by atoms with Crippen LogP contribution in [0.5, 0.6) is 0 Å². The first-order chi connectivity index (χ1) is 8.25. The Hall–Kier alpha value is -1.27. The highest BCUT2D eigenvalue weighted by molar-refractivity contribution is 6.31. The van der Waals surface area contributed by atoms with Gasteiger partial charge >= 0.3 is 12.1 Å². The fourth-order valence-corrected chi connectivity index (χ4v) is 1.58. The van der Waals surface area contributed by atoms with E-state index in [-0.39, 0.29) is 12.0 Å². The lowest BCUT2D eigenvalue weighted by Crippen LogP contribution is -2.24. The van der Waals surface area contributed by atoms with Gasteiger partial charge in [0.25, 0.3) is 0 Å². The SMILES string of the molecule is COC(=O)C(O)Cc1ccc(Cl)c(C(F)(F)F)c1. The summed E-state index contributed by atoms with van der Waals surface area (Å²) in [6, 6.07) is 3.18. The second kappa shape index (κ2) is 5.58. The number of esters is 1. The Morgan fingerprint density at radius 1 is 1.50 bits per heavy atom. The van der Waals surface area contributed by atoms with Gasteiger partial charge in [0.05, 0.1) is 17.7 Å². The zero-order valence-corrected chi connectivity index (χ0v) is 10.0. The molecule has 1 N–H and O–H groups in total. The molecule has 0 radical (unpaired) electrons. The quantitative estimate of drug-likeness (QED) is 0.866. The van der Waals surface area contributed by atoms with Gasteiger partial charge in [0.15, 0.2) is 6.10 Å². The summed E-state index contributed by atoms with van der Waals surface area (Å²) < 4.78 is 41.9. The van der Waals surface area contributed by atoms with Crippen LogP contribution in [0.15, 0.2) is 18.2 Å². The van der Waals surface area contributed by atoms with Gasteiger partial charge in [0, 0.05) is 6.42 Å². The third-order valence-electron chi connectivity index (χ3n) is 2.24. The third kappa shape index (κ3) is 3.61. The van der Waals surface area contributed by atoms with E-state index in [2.05, 4.69) is 4.74 Å². The van der Waals surface area contributed by atoms with E-state index < -0.39 is 28.8 Å². The molecule has 18 heavy (non-hydrogen) atoms. The summed E-state index contributed by atoms with van der Waals surface area (Å²) in [5.74, 6) is -0.904. The van der Waals surface area contributed by atoms with Crippen molar-refractivity contribution in [2.45, 2.75) is 18.7 Å². The third-order valence-corrected chi connectivity index (χ3v) is 2.57. The Kier molecular flexibility index (Phi) is 4.59. The number of ether oxygens (including phenoxy) is 1. The van der Waals surface area contributed by atoms with E-state index in [9.17, 15) is 23.1 Å². The highest BCUT2D eigenvalue weighted by atomic mass is 35.5. The molecule has 0 spiro atoms. The summed E-state index contributed by atoms with van der Waals surface area (Å²) in [6.07, 6.45) is -6.35. The van der Waals surface area contributed by atoms with Crippen molar-refractivity contribution in [2.24, 2.45) is 0 Å². The number of hydrogen-bond donors (Lipinski definition) is 1. The summed E-state index contributed by atoms with van der Waals surface area (Å²) in [5.41, 5.74) is -0.858. The molecule has 7 heteroatoms.